The third-order valence-electron chi connectivity index (χ3n) is 2.61. The molecule has 86 valence electrons. The van der Waals surface area contributed by atoms with Crippen LogP contribution in [-0.2, 0) is 0 Å². The highest BCUT2D eigenvalue weighted by atomic mass is 35.5. The molecule has 16 heavy (non-hydrogen) atoms. The lowest BCUT2D eigenvalue weighted by Crippen LogP contribution is -3.00. The largest absolute Gasteiger partial charge is 1.00 e. The fraction of sp³-hybridized carbons (Fsp3) is 0.308. The van der Waals surface area contributed by atoms with Crippen LogP contribution in [-0.4, -0.2) is 13.1 Å². The van der Waals surface area contributed by atoms with Crippen LogP contribution < -0.4 is 22.5 Å². The summed E-state index contributed by atoms with van der Waals surface area (Å²) in [4.78, 5) is 0. The predicted octanol–water partition coefficient (Wildman–Crippen LogP) is -0.751. The SMILES string of the molecule is CC[N+](CC)=c1ccc2ccccc2o1.[Cl-]. The quantitative estimate of drug-likeness (QED) is 0.628. The van der Waals surface area contributed by atoms with Crippen LogP contribution in [0.5, 0.6) is 0 Å². The number of halogens is 1. The van der Waals surface area contributed by atoms with Crippen LogP contribution in [0.3, 0.4) is 0 Å². The molecule has 1 heterocycles. The normalized spacial score (nSPS) is 9.88. The molecule has 3 heteroatoms. The maximum Gasteiger partial charge on any atom is 0.367 e. The molecule has 0 spiro atoms. The molecule has 0 saturated heterocycles. The molecule has 0 amide bonds. The zero-order valence-corrected chi connectivity index (χ0v) is 10.4. The van der Waals surface area contributed by atoms with E-state index >= 15 is 0 Å². The van der Waals surface area contributed by atoms with Crippen molar-refractivity contribution in [1.29, 1.82) is 0 Å². The summed E-state index contributed by atoms with van der Waals surface area (Å²) in [6, 6.07) is 12.2. The summed E-state index contributed by atoms with van der Waals surface area (Å²) in [5.74, 6) is 0. The summed E-state index contributed by atoms with van der Waals surface area (Å²) in [6.07, 6.45) is 0. The molecule has 2 rings (SSSR count). The summed E-state index contributed by atoms with van der Waals surface area (Å²) in [6.45, 7) is 6.21. The topological polar surface area (TPSA) is 16.1 Å². The first-order valence-electron chi connectivity index (χ1n) is 5.42. The molecule has 2 aromatic rings. The summed E-state index contributed by atoms with van der Waals surface area (Å²) >= 11 is 0. The van der Waals surface area contributed by atoms with E-state index in [1.165, 1.54) is 0 Å². The van der Waals surface area contributed by atoms with Gasteiger partial charge in [-0.2, -0.15) is 4.58 Å². The van der Waals surface area contributed by atoms with Gasteiger partial charge in [-0.15, -0.1) is 0 Å². The molecular formula is C13H16ClNO. The van der Waals surface area contributed by atoms with Gasteiger partial charge in [-0.05, 0) is 26.0 Å². The van der Waals surface area contributed by atoms with E-state index in [4.69, 9.17) is 4.42 Å². The van der Waals surface area contributed by atoms with E-state index in [0.29, 0.717) is 0 Å². The Labute approximate surface area is 102 Å². The molecule has 0 fully saturated rings. The summed E-state index contributed by atoms with van der Waals surface area (Å²) in [5, 5.41) is 1.15. The first kappa shape index (κ1) is 12.8. The van der Waals surface area contributed by atoms with Gasteiger partial charge in [0.2, 0.25) is 0 Å². The Morgan fingerprint density at radius 2 is 1.69 bits per heavy atom. The minimum Gasteiger partial charge on any atom is -1.00 e. The van der Waals surface area contributed by atoms with Gasteiger partial charge in [0, 0.05) is 5.39 Å². The standard InChI is InChI=1S/C13H16NO.ClH/c1-3-14(4-2)13-10-9-11-7-5-6-8-12(11)15-13;/h5-10H,3-4H2,1-2H3;1H/q+1;/p-1. The summed E-state index contributed by atoms with van der Waals surface area (Å²) < 4.78 is 8.03. The van der Waals surface area contributed by atoms with Crippen LogP contribution in [0.4, 0.5) is 0 Å². The number of hydrogen-bond donors (Lipinski definition) is 0. The van der Waals surface area contributed by atoms with Crippen molar-refractivity contribution >= 4 is 11.0 Å². The lowest BCUT2D eigenvalue weighted by molar-refractivity contribution is -0.00000370. The Morgan fingerprint density at radius 3 is 2.38 bits per heavy atom. The van der Waals surface area contributed by atoms with Gasteiger partial charge in [0.15, 0.2) is 0 Å². The molecule has 0 radical (unpaired) electrons. The number of hydrogen-bond acceptors (Lipinski definition) is 1. The molecule has 0 bridgehead atoms. The number of rotatable bonds is 2. The van der Waals surface area contributed by atoms with Crippen molar-refractivity contribution in [3.63, 3.8) is 0 Å². The predicted molar refractivity (Wildman–Crippen MR) is 62.6 cm³/mol. The minimum atomic E-state index is 0. The molecule has 0 atom stereocenters. The lowest BCUT2D eigenvalue weighted by atomic mass is 10.2. The van der Waals surface area contributed by atoms with E-state index < -0.39 is 0 Å². The highest BCUT2D eigenvalue weighted by Gasteiger charge is 2.02. The third-order valence-corrected chi connectivity index (χ3v) is 2.61. The van der Waals surface area contributed by atoms with Crippen LogP contribution in [0, 0.1) is 0 Å². The van der Waals surface area contributed by atoms with Gasteiger partial charge in [-0.1, -0.05) is 18.2 Å². The Hall–Kier alpha value is -1.28. The number of para-hydroxylation sites is 1. The molecule has 1 aromatic carbocycles. The monoisotopic (exact) mass is 237 g/mol. The second-order valence-corrected chi connectivity index (χ2v) is 3.48. The van der Waals surface area contributed by atoms with Crippen molar-refractivity contribution in [1.82, 2.24) is 4.58 Å². The van der Waals surface area contributed by atoms with Crippen molar-refractivity contribution in [2.75, 3.05) is 13.1 Å². The van der Waals surface area contributed by atoms with Gasteiger partial charge in [-0.3, -0.25) is 0 Å². The molecular weight excluding hydrogens is 222 g/mol. The summed E-state index contributed by atoms with van der Waals surface area (Å²) in [5.41, 5.74) is 1.89. The van der Waals surface area contributed by atoms with Crippen molar-refractivity contribution < 1.29 is 16.8 Å². The zero-order chi connectivity index (χ0) is 10.7. The Bertz CT molecular complexity index is 524. The van der Waals surface area contributed by atoms with E-state index in [9.17, 15) is 0 Å². The van der Waals surface area contributed by atoms with Crippen LogP contribution >= 0.6 is 0 Å². The van der Waals surface area contributed by atoms with Crippen molar-refractivity contribution in [3.8, 4) is 0 Å². The van der Waals surface area contributed by atoms with E-state index in [1.54, 1.807) is 0 Å². The lowest BCUT2D eigenvalue weighted by Gasteiger charge is -1.97. The van der Waals surface area contributed by atoms with Crippen LogP contribution in [0.25, 0.3) is 11.0 Å². The Kier molecular flexibility index (Phi) is 4.56. The smallest absolute Gasteiger partial charge is 0.367 e. The fourth-order valence-electron chi connectivity index (χ4n) is 1.72. The zero-order valence-electron chi connectivity index (χ0n) is 9.61. The molecule has 2 nitrogen and oxygen atoms in total. The molecule has 0 aliphatic heterocycles. The number of benzene rings is 1. The third kappa shape index (κ3) is 2.45. The molecule has 0 N–H and O–H groups in total. The molecule has 0 unspecified atom stereocenters. The average molecular weight is 238 g/mol. The second kappa shape index (κ2) is 5.71. The first-order chi connectivity index (χ1) is 7.35. The van der Waals surface area contributed by atoms with E-state index in [-0.39, 0.29) is 12.4 Å². The van der Waals surface area contributed by atoms with Gasteiger partial charge in [0.1, 0.15) is 18.7 Å². The first-order valence-corrected chi connectivity index (χ1v) is 5.42. The maximum absolute atomic E-state index is 5.83. The molecule has 0 aliphatic rings. The van der Waals surface area contributed by atoms with Crippen molar-refractivity contribution in [3.05, 3.63) is 42.0 Å². The van der Waals surface area contributed by atoms with Gasteiger partial charge in [0.25, 0.3) is 0 Å². The highest BCUT2D eigenvalue weighted by molar-refractivity contribution is 5.75. The summed E-state index contributed by atoms with van der Waals surface area (Å²) in [7, 11) is 0. The van der Waals surface area contributed by atoms with Crippen LogP contribution in [0.15, 0.2) is 40.8 Å². The van der Waals surface area contributed by atoms with E-state index in [1.807, 2.05) is 24.3 Å². The van der Waals surface area contributed by atoms with Crippen molar-refractivity contribution in [2.45, 2.75) is 13.8 Å². The van der Waals surface area contributed by atoms with E-state index in [0.717, 1.165) is 29.6 Å². The molecule has 0 aliphatic carbocycles. The number of nitrogens with zero attached hydrogens (tertiary/aromatic N) is 1. The van der Waals surface area contributed by atoms with Crippen molar-refractivity contribution in [2.24, 2.45) is 0 Å². The Morgan fingerprint density at radius 1 is 1.00 bits per heavy atom. The van der Waals surface area contributed by atoms with Crippen LogP contribution in [0.1, 0.15) is 13.8 Å². The maximum atomic E-state index is 5.83. The second-order valence-electron chi connectivity index (χ2n) is 3.48. The fourth-order valence-corrected chi connectivity index (χ4v) is 1.72. The van der Waals surface area contributed by atoms with Gasteiger partial charge >= 0.3 is 5.55 Å². The van der Waals surface area contributed by atoms with Gasteiger partial charge in [-0.25, -0.2) is 0 Å². The Balaban J connectivity index is 0.00000128. The molecule has 0 saturated carbocycles. The van der Waals surface area contributed by atoms with E-state index in [2.05, 4.69) is 30.6 Å². The minimum absolute atomic E-state index is 0. The average Bonchev–Trinajstić information content (AvgIpc) is 2.30. The highest BCUT2D eigenvalue weighted by Crippen LogP contribution is 2.09. The van der Waals surface area contributed by atoms with Crippen LogP contribution in [0.2, 0.25) is 0 Å². The van der Waals surface area contributed by atoms with Gasteiger partial charge in [0.05, 0.1) is 6.07 Å². The molecule has 1 aromatic heterocycles. The van der Waals surface area contributed by atoms with Gasteiger partial charge < -0.3 is 16.8 Å². The number of fused-ring (bicyclic) bond motifs is 1.